The Morgan fingerprint density at radius 1 is 1.28 bits per heavy atom. The number of carboxylic acids is 1. The standard InChI is InChI=1S/C15H21NO2/c1-2-11-7-9-12(10-8-11)16-14-6-4-3-5-13(14)15(17)18/h3-6,11-12,16H,2,7-10H2,1H3,(H,17,18). The lowest BCUT2D eigenvalue weighted by Crippen LogP contribution is -2.26. The largest absolute Gasteiger partial charge is 0.478 e. The van der Waals surface area contributed by atoms with Gasteiger partial charge in [0.2, 0.25) is 0 Å². The summed E-state index contributed by atoms with van der Waals surface area (Å²) in [6, 6.07) is 7.58. The molecule has 0 amide bonds. The second-order valence-electron chi connectivity index (χ2n) is 5.12. The summed E-state index contributed by atoms with van der Waals surface area (Å²) in [7, 11) is 0. The normalized spacial score (nSPS) is 23.6. The van der Waals surface area contributed by atoms with E-state index < -0.39 is 5.97 Å². The smallest absolute Gasteiger partial charge is 0.337 e. The first-order chi connectivity index (χ1) is 8.70. The van der Waals surface area contributed by atoms with Crippen molar-refractivity contribution in [1.82, 2.24) is 0 Å². The van der Waals surface area contributed by atoms with Gasteiger partial charge in [-0.15, -0.1) is 0 Å². The first-order valence-electron chi connectivity index (χ1n) is 6.79. The maximum absolute atomic E-state index is 11.1. The summed E-state index contributed by atoms with van der Waals surface area (Å²) >= 11 is 0. The van der Waals surface area contributed by atoms with Crippen molar-refractivity contribution in [3.05, 3.63) is 29.8 Å². The van der Waals surface area contributed by atoms with E-state index in [4.69, 9.17) is 5.11 Å². The van der Waals surface area contributed by atoms with Crippen LogP contribution in [-0.4, -0.2) is 17.1 Å². The van der Waals surface area contributed by atoms with Crippen molar-refractivity contribution in [2.45, 2.75) is 45.1 Å². The van der Waals surface area contributed by atoms with E-state index in [1.165, 1.54) is 19.3 Å². The number of carboxylic acid groups (broad SMARTS) is 1. The van der Waals surface area contributed by atoms with Crippen molar-refractivity contribution in [2.75, 3.05) is 5.32 Å². The summed E-state index contributed by atoms with van der Waals surface area (Å²) in [6.45, 7) is 2.25. The first-order valence-corrected chi connectivity index (χ1v) is 6.79. The van der Waals surface area contributed by atoms with E-state index in [9.17, 15) is 4.79 Å². The molecule has 0 radical (unpaired) electrons. The lowest BCUT2D eigenvalue weighted by atomic mass is 9.84. The van der Waals surface area contributed by atoms with Gasteiger partial charge in [0.1, 0.15) is 0 Å². The van der Waals surface area contributed by atoms with Crippen LogP contribution in [0.4, 0.5) is 5.69 Å². The molecule has 1 aliphatic rings. The van der Waals surface area contributed by atoms with Gasteiger partial charge in [0, 0.05) is 11.7 Å². The Morgan fingerprint density at radius 3 is 2.56 bits per heavy atom. The average molecular weight is 247 g/mol. The molecule has 0 aromatic heterocycles. The minimum Gasteiger partial charge on any atom is -0.478 e. The maximum Gasteiger partial charge on any atom is 0.337 e. The van der Waals surface area contributed by atoms with Gasteiger partial charge in [-0.2, -0.15) is 0 Å². The zero-order chi connectivity index (χ0) is 13.0. The number of para-hydroxylation sites is 1. The summed E-state index contributed by atoms with van der Waals surface area (Å²) in [6.07, 6.45) is 6.06. The topological polar surface area (TPSA) is 49.3 Å². The molecule has 0 spiro atoms. The molecule has 0 saturated heterocycles. The Hall–Kier alpha value is -1.51. The molecule has 1 aliphatic carbocycles. The molecule has 1 fully saturated rings. The molecule has 1 aromatic carbocycles. The predicted octanol–water partition coefficient (Wildman–Crippen LogP) is 3.77. The average Bonchev–Trinajstić information content (AvgIpc) is 2.40. The maximum atomic E-state index is 11.1. The Labute approximate surface area is 108 Å². The minimum absolute atomic E-state index is 0.370. The molecule has 18 heavy (non-hydrogen) atoms. The van der Waals surface area contributed by atoms with Crippen LogP contribution in [0.3, 0.4) is 0 Å². The van der Waals surface area contributed by atoms with Crippen LogP contribution in [0.25, 0.3) is 0 Å². The Bertz CT molecular complexity index is 409. The summed E-state index contributed by atoms with van der Waals surface area (Å²) < 4.78 is 0. The molecular weight excluding hydrogens is 226 g/mol. The highest BCUT2D eigenvalue weighted by Gasteiger charge is 2.21. The summed E-state index contributed by atoms with van der Waals surface area (Å²) in [5, 5.41) is 12.5. The third kappa shape index (κ3) is 3.03. The third-order valence-corrected chi connectivity index (χ3v) is 3.94. The van der Waals surface area contributed by atoms with E-state index in [0.29, 0.717) is 11.6 Å². The first kappa shape index (κ1) is 12.9. The lowest BCUT2D eigenvalue weighted by Gasteiger charge is -2.29. The number of aromatic carboxylic acids is 1. The molecule has 0 bridgehead atoms. The molecule has 0 unspecified atom stereocenters. The van der Waals surface area contributed by atoms with Gasteiger partial charge in [-0.05, 0) is 43.7 Å². The van der Waals surface area contributed by atoms with Crippen molar-refractivity contribution >= 4 is 11.7 Å². The molecule has 3 nitrogen and oxygen atoms in total. The molecule has 2 rings (SSSR count). The van der Waals surface area contributed by atoms with E-state index in [0.717, 1.165) is 24.4 Å². The van der Waals surface area contributed by atoms with Crippen LogP contribution in [0.1, 0.15) is 49.4 Å². The molecule has 1 aromatic rings. The van der Waals surface area contributed by atoms with Gasteiger partial charge in [0.25, 0.3) is 0 Å². The van der Waals surface area contributed by atoms with Crippen molar-refractivity contribution in [3.8, 4) is 0 Å². The fourth-order valence-electron chi connectivity index (χ4n) is 2.73. The van der Waals surface area contributed by atoms with Gasteiger partial charge in [-0.3, -0.25) is 0 Å². The van der Waals surface area contributed by atoms with Crippen LogP contribution in [0, 0.1) is 5.92 Å². The number of hydrogen-bond acceptors (Lipinski definition) is 2. The van der Waals surface area contributed by atoms with E-state index >= 15 is 0 Å². The SMILES string of the molecule is CCC1CCC(Nc2ccccc2C(=O)O)CC1. The quantitative estimate of drug-likeness (QED) is 0.851. The van der Waals surface area contributed by atoms with Crippen molar-refractivity contribution < 1.29 is 9.90 Å². The monoisotopic (exact) mass is 247 g/mol. The second kappa shape index (κ2) is 5.89. The molecule has 0 atom stereocenters. The van der Waals surface area contributed by atoms with Crippen molar-refractivity contribution in [2.24, 2.45) is 5.92 Å². The van der Waals surface area contributed by atoms with Gasteiger partial charge in [0.05, 0.1) is 5.56 Å². The molecule has 98 valence electrons. The number of anilines is 1. The van der Waals surface area contributed by atoms with Gasteiger partial charge < -0.3 is 10.4 Å². The van der Waals surface area contributed by atoms with Crippen LogP contribution in [0.5, 0.6) is 0 Å². The molecule has 3 heteroatoms. The summed E-state index contributed by atoms with van der Waals surface area (Å²) in [4.78, 5) is 11.1. The minimum atomic E-state index is -0.861. The molecule has 0 aliphatic heterocycles. The number of hydrogen-bond donors (Lipinski definition) is 2. The Morgan fingerprint density at radius 2 is 1.94 bits per heavy atom. The zero-order valence-electron chi connectivity index (χ0n) is 10.9. The predicted molar refractivity (Wildman–Crippen MR) is 73.1 cm³/mol. The van der Waals surface area contributed by atoms with Gasteiger partial charge in [0.15, 0.2) is 0 Å². The fourth-order valence-corrected chi connectivity index (χ4v) is 2.73. The fraction of sp³-hybridized carbons (Fsp3) is 0.533. The van der Waals surface area contributed by atoms with Crippen LogP contribution >= 0.6 is 0 Å². The van der Waals surface area contributed by atoms with Crippen molar-refractivity contribution in [3.63, 3.8) is 0 Å². The van der Waals surface area contributed by atoms with Gasteiger partial charge in [-0.25, -0.2) is 4.79 Å². The van der Waals surface area contributed by atoms with E-state index in [-0.39, 0.29) is 0 Å². The molecule has 0 heterocycles. The third-order valence-electron chi connectivity index (χ3n) is 3.94. The zero-order valence-corrected chi connectivity index (χ0v) is 10.9. The van der Waals surface area contributed by atoms with Crippen LogP contribution in [0.2, 0.25) is 0 Å². The highest BCUT2D eigenvalue weighted by atomic mass is 16.4. The number of benzene rings is 1. The van der Waals surface area contributed by atoms with Crippen LogP contribution in [0.15, 0.2) is 24.3 Å². The van der Waals surface area contributed by atoms with Crippen molar-refractivity contribution in [1.29, 1.82) is 0 Å². The van der Waals surface area contributed by atoms with E-state index in [1.807, 2.05) is 12.1 Å². The van der Waals surface area contributed by atoms with Gasteiger partial charge >= 0.3 is 5.97 Å². The number of nitrogens with one attached hydrogen (secondary N) is 1. The Balaban J connectivity index is 2.00. The Kier molecular flexibility index (Phi) is 4.24. The van der Waals surface area contributed by atoms with Crippen LogP contribution < -0.4 is 5.32 Å². The molecule has 2 N–H and O–H groups in total. The van der Waals surface area contributed by atoms with Gasteiger partial charge in [-0.1, -0.05) is 25.5 Å². The number of rotatable bonds is 4. The summed E-state index contributed by atoms with van der Waals surface area (Å²) in [5.74, 6) is -0.00175. The molecule has 1 saturated carbocycles. The highest BCUT2D eigenvalue weighted by molar-refractivity contribution is 5.94. The van der Waals surface area contributed by atoms with E-state index in [2.05, 4.69) is 12.2 Å². The molecular formula is C15H21NO2. The van der Waals surface area contributed by atoms with Crippen LogP contribution in [-0.2, 0) is 0 Å². The van der Waals surface area contributed by atoms with E-state index in [1.54, 1.807) is 12.1 Å². The lowest BCUT2D eigenvalue weighted by molar-refractivity contribution is 0.0698. The summed E-state index contributed by atoms with van der Waals surface area (Å²) in [5.41, 5.74) is 1.13. The second-order valence-corrected chi connectivity index (χ2v) is 5.12. The number of carbonyl (C=O) groups is 1. The highest BCUT2D eigenvalue weighted by Crippen LogP contribution is 2.29.